The Hall–Kier alpha value is -1.31. The molecule has 2 rings (SSSR count). The summed E-state index contributed by atoms with van der Waals surface area (Å²) < 4.78 is 5.31. The van der Waals surface area contributed by atoms with Gasteiger partial charge in [0, 0.05) is 11.1 Å². The topological polar surface area (TPSA) is 26.3 Å². The highest BCUT2D eigenvalue weighted by atomic mass is 16.5. The molecule has 0 atom stereocenters. The first-order valence-corrected chi connectivity index (χ1v) is 5.23. The average molecular weight is 204 g/mol. The van der Waals surface area contributed by atoms with Crippen molar-refractivity contribution in [2.45, 2.75) is 39.5 Å². The molecule has 1 aromatic rings. The number of benzene rings is 1. The summed E-state index contributed by atoms with van der Waals surface area (Å²) in [5.41, 5.74) is 3.34. The first kappa shape index (κ1) is 10.2. The lowest BCUT2D eigenvalue weighted by Gasteiger charge is -2.21. The van der Waals surface area contributed by atoms with Gasteiger partial charge in [0.05, 0.1) is 6.42 Å². The molecule has 0 bridgehead atoms. The number of rotatable bonds is 0. The van der Waals surface area contributed by atoms with Crippen LogP contribution in [0.1, 0.15) is 37.5 Å². The van der Waals surface area contributed by atoms with Crippen molar-refractivity contribution in [3.8, 4) is 5.75 Å². The third-order valence-electron chi connectivity index (χ3n) is 2.84. The van der Waals surface area contributed by atoms with Crippen LogP contribution < -0.4 is 4.74 Å². The van der Waals surface area contributed by atoms with Gasteiger partial charge in [-0.05, 0) is 17.9 Å². The van der Waals surface area contributed by atoms with Gasteiger partial charge in [0.15, 0.2) is 0 Å². The van der Waals surface area contributed by atoms with Gasteiger partial charge in [-0.2, -0.15) is 0 Å². The summed E-state index contributed by atoms with van der Waals surface area (Å²) in [6.07, 6.45) is 0.422. The van der Waals surface area contributed by atoms with E-state index in [2.05, 4.69) is 32.9 Å². The summed E-state index contributed by atoms with van der Waals surface area (Å²) in [7, 11) is 0. The van der Waals surface area contributed by atoms with E-state index in [4.69, 9.17) is 4.74 Å². The van der Waals surface area contributed by atoms with Crippen LogP contribution in [0.2, 0.25) is 0 Å². The molecule has 1 aliphatic heterocycles. The van der Waals surface area contributed by atoms with E-state index < -0.39 is 0 Å². The van der Waals surface area contributed by atoms with Crippen molar-refractivity contribution >= 4 is 5.97 Å². The first-order valence-electron chi connectivity index (χ1n) is 5.23. The second kappa shape index (κ2) is 3.09. The van der Waals surface area contributed by atoms with Gasteiger partial charge in [-0.25, -0.2) is 0 Å². The molecule has 0 aromatic heterocycles. The normalized spacial score (nSPS) is 15.1. The van der Waals surface area contributed by atoms with Gasteiger partial charge in [0.25, 0.3) is 0 Å². The Balaban J connectivity index is 2.62. The minimum Gasteiger partial charge on any atom is -0.426 e. The monoisotopic (exact) mass is 204 g/mol. The molecule has 80 valence electrons. The molecule has 1 heterocycles. The zero-order chi connectivity index (χ0) is 11.2. The summed E-state index contributed by atoms with van der Waals surface area (Å²) in [4.78, 5) is 11.3. The molecular formula is C13H16O2. The van der Waals surface area contributed by atoms with Crippen molar-refractivity contribution in [1.82, 2.24) is 0 Å². The number of aryl methyl sites for hydroxylation is 1. The van der Waals surface area contributed by atoms with Crippen LogP contribution in [0.5, 0.6) is 5.75 Å². The van der Waals surface area contributed by atoms with Crippen LogP contribution in [0, 0.1) is 6.92 Å². The predicted molar refractivity (Wildman–Crippen MR) is 59.2 cm³/mol. The maximum atomic E-state index is 11.3. The van der Waals surface area contributed by atoms with E-state index in [0.717, 1.165) is 22.4 Å². The molecular weight excluding hydrogens is 188 g/mol. The van der Waals surface area contributed by atoms with Gasteiger partial charge in [0.2, 0.25) is 0 Å². The summed E-state index contributed by atoms with van der Waals surface area (Å²) in [5.74, 6) is 0.664. The summed E-state index contributed by atoms with van der Waals surface area (Å²) >= 11 is 0. The number of ether oxygens (including phenoxy) is 1. The Kier molecular flexibility index (Phi) is 2.10. The molecule has 15 heavy (non-hydrogen) atoms. The minimum atomic E-state index is -0.134. The number of hydrogen-bond donors (Lipinski definition) is 0. The number of hydrogen-bond acceptors (Lipinski definition) is 2. The van der Waals surface area contributed by atoms with Crippen LogP contribution >= 0.6 is 0 Å². The van der Waals surface area contributed by atoms with Gasteiger partial charge in [-0.15, -0.1) is 0 Å². The lowest BCUT2D eigenvalue weighted by molar-refractivity contribution is -0.131. The Morgan fingerprint density at radius 2 is 1.93 bits per heavy atom. The molecule has 0 unspecified atom stereocenters. The van der Waals surface area contributed by atoms with Crippen LogP contribution in [0.3, 0.4) is 0 Å². The molecule has 0 saturated heterocycles. The molecule has 0 saturated carbocycles. The fraction of sp³-hybridized carbons (Fsp3) is 0.462. The predicted octanol–water partition coefficient (Wildman–Crippen LogP) is 2.75. The molecule has 1 aliphatic rings. The highest BCUT2D eigenvalue weighted by Gasteiger charge is 2.29. The molecule has 0 spiro atoms. The van der Waals surface area contributed by atoms with Crippen molar-refractivity contribution in [2.75, 3.05) is 0 Å². The second-order valence-corrected chi connectivity index (χ2v) is 5.14. The molecule has 2 nitrogen and oxygen atoms in total. The third-order valence-corrected chi connectivity index (χ3v) is 2.84. The summed E-state index contributed by atoms with van der Waals surface area (Å²) in [6.45, 7) is 8.41. The van der Waals surface area contributed by atoms with Crippen molar-refractivity contribution in [1.29, 1.82) is 0 Å². The van der Waals surface area contributed by atoms with Crippen LogP contribution in [0.15, 0.2) is 12.1 Å². The number of fused-ring (bicyclic) bond motifs is 1. The van der Waals surface area contributed by atoms with Crippen LogP contribution in [0.4, 0.5) is 0 Å². The van der Waals surface area contributed by atoms with Crippen LogP contribution in [0.25, 0.3) is 0 Å². The molecule has 0 N–H and O–H groups in total. The van der Waals surface area contributed by atoms with Gasteiger partial charge in [0.1, 0.15) is 5.75 Å². The van der Waals surface area contributed by atoms with Gasteiger partial charge < -0.3 is 4.74 Å². The average Bonchev–Trinajstić information content (AvgIpc) is 2.45. The largest absolute Gasteiger partial charge is 0.426 e. The molecule has 0 radical (unpaired) electrons. The zero-order valence-electron chi connectivity index (χ0n) is 9.68. The Bertz CT molecular complexity index is 425. The SMILES string of the molecule is Cc1ccc(C(C)(C)C)c2c1CC(=O)O2. The van der Waals surface area contributed by atoms with Gasteiger partial charge in [-0.1, -0.05) is 32.9 Å². The number of esters is 1. The van der Waals surface area contributed by atoms with Gasteiger partial charge >= 0.3 is 5.97 Å². The molecule has 0 fully saturated rings. The smallest absolute Gasteiger partial charge is 0.315 e. The van der Waals surface area contributed by atoms with Crippen LogP contribution in [-0.2, 0) is 16.6 Å². The van der Waals surface area contributed by atoms with Crippen molar-refractivity contribution < 1.29 is 9.53 Å². The van der Waals surface area contributed by atoms with Crippen molar-refractivity contribution in [2.24, 2.45) is 0 Å². The van der Waals surface area contributed by atoms with E-state index in [1.54, 1.807) is 0 Å². The lowest BCUT2D eigenvalue weighted by Crippen LogP contribution is -2.13. The zero-order valence-corrected chi connectivity index (χ0v) is 9.68. The molecule has 0 amide bonds. The van der Waals surface area contributed by atoms with E-state index >= 15 is 0 Å². The maximum Gasteiger partial charge on any atom is 0.315 e. The Labute approximate surface area is 90.3 Å². The van der Waals surface area contributed by atoms with Crippen LogP contribution in [-0.4, -0.2) is 5.97 Å². The number of carbonyl (C=O) groups excluding carboxylic acids is 1. The highest BCUT2D eigenvalue weighted by molar-refractivity contribution is 5.82. The van der Waals surface area contributed by atoms with Crippen molar-refractivity contribution in [3.05, 3.63) is 28.8 Å². The maximum absolute atomic E-state index is 11.3. The van der Waals surface area contributed by atoms with E-state index in [1.165, 1.54) is 0 Å². The van der Waals surface area contributed by atoms with E-state index in [0.29, 0.717) is 6.42 Å². The van der Waals surface area contributed by atoms with E-state index in [9.17, 15) is 4.79 Å². The fourth-order valence-electron chi connectivity index (χ4n) is 1.95. The quantitative estimate of drug-likeness (QED) is 0.480. The first-order chi connectivity index (χ1) is 6.89. The second-order valence-electron chi connectivity index (χ2n) is 5.14. The molecule has 2 heteroatoms. The van der Waals surface area contributed by atoms with Gasteiger partial charge in [-0.3, -0.25) is 4.79 Å². The molecule has 0 aliphatic carbocycles. The summed E-state index contributed by atoms with van der Waals surface area (Å²) in [6, 6.07) is 4.13. The standard InChI is InChI=1S/C13H16O2/c1-8-5-6-10(13(2,3)4)12-9(8)7-11(14)15-12/h5-6H,7H2,1-4H3. The Morgan fingerprint density at radius 1 is 1.27 bits per heavy atom. The van der Waals surface area contributed by atoms with E-state index in [1.807, 2.05) is 6.92 Å². The Morgan fingerprint density at radius 3 is 2.53 bits per heavy atom. The fourth-order valence-corrected chi connectivity index (χ4v) is 1.95. The molecule has 1 aromatic carbocycles. The summed E-state index contributed by atoms with van der Waals surface area (Å²) in [5, 5.41) is 0. The highest BCUT2D eigenvalue weighted by Crippen LogP contribution is 2.39. The van der Waals surface area contributed by atoms with Crippen molar-refractivity contribution in [3.63, 3.8) is 0 Å². The minimum absolute atomic E-state index is 0.0163. The third kappa shape index (κ3) is 1.65. The number of carbonyl (C=O) groups is 1. The van der Waals surface area contributed by atoms with E-state index in [-0.39, 0.29) is 11.4 Å². The lowest BCUT2D eigenvalue weighted by atomic mass is 9.84.